The Bertz CT molecular complexity index is 531. The molecule has 0 aliphatic carbocycles. The highest BCUT2D eigenvalue weighted by Crippen LogP contribution is 2.23. The van der Waals surface area contributed by atoms with Gasteiger partial charge in [0, 0.05) is 12.0 Å². The normalized spacial score (nSPS) is 13.4. The van der Waals surface area contributed by atoms with E-state index in [-0.39, 0.29) is 24.4 Å². The third-order valence-electron chi connectivity index (χ3n) is 3.04. The summed E-state index contributed by atoms with van der Waals surface area (Å²) in [7, 11) is 0. The van der Waals surface area contributed by atoms with Crippen molar-refractivity contribution in [1.82, 2.24) is 0 Å². The van der Waals surface area contributed by atoms with Crippen LogP contribution in [0.2, 0.25) is 0 Å². The number of aliphatic hydroxyl groups excluding tert-OH is 1. The van der Waals surface area contributed by atoms with E-state index in [2.05, 4.69) is 0 Å². The van der Waals surface area contributed by atoms with E-state index in [0.29, 0.717) is 0 Å². The van der Waals surface area contributed by atoms with Gasteiger partial charge in [0.15, 0.2) is 0 Å². The molecule has 0 aliphatic rings. The van der Waals surface area contributed by atoms with E-state index >= 15 is 0 Å². The molecule has 2 atom stereocenters. The first kappa shape index (κ1) is 16.6. The van der Waals surface area contributed by atoms with E-state index in [1.165, 1.54) is 6.07 Å². The van der Waals surface area contributed by atoms with Crippen LogP contribution in [0.5, 0.6) is 0 Å². The summed E-state index contributed by atoms with van der Waals surface area (Å²) in [5, 5.41) is 10.0. The summed E-state index contributed by atoms with van der Waals surface area (Å²) in [6, 6.07) is 11.6. The standard InChI is InChI=1S/C15H15F2NO.ClH/c16-11-7-4-8-12(17)14(11)15(18)13(19)9-10-5-2-1-3-6-10;/h1-8,13,15,19H,9,18H2;1H/t13-,15-;/m0./s1. The fourth-order valence-electron chi connectivity index (χ4n) is 2.00. The maximum atomic E-state index is 13.6. The van der Waals surface area contributed by atoms with Crippen molar-refractivity contribution in [2.75, 3.05) is 0 Å². The Morgan fingerprint density at radius 2 is 1.50 bits per heavy atom. The molecule has 2 rings (SSSR count). The summed E-state index contributed by atoms with van der Waals surface area (Å²) >= 11 is 0. The molecule has 2 aromatic carbocycles. The lowest BCUT2D eigenvalue weighted by Crippen LogP contribution is -2.29. The zero-order valence-corrected chi connectivity index (χ0v) is 11.5. The lowest BCUT2D eigenvalue weighted by atomic mass is 9.96. The van der Waals surface area contributed by atoms with Crippen LogP contribution in [0.4, 0.5) is 8.78 Å². The molecule has 0 heterocycles. The Kier molecular flexibility index (Phi) is 6.07. The topological polar surface area (TPSA) is 46.2 Å². The number of nitrogens with two attached hydrogens (primary N) is 1. The quantitative estimate of drug-likeness (QED) is 0.911. The summed E-state index contributed by atoms with van der Waals surface area (Å²) in [4.78, 5) is 0. The van der Waals surface area contributed by atoms with Gasteiger partial charge in [0.25, 0.3) is 0 Å². The van der Waals surface area contributed by atoms with Crippen molar-refractivity contribution in [1.29, 1.82) is 0 Å². The molecule has 0 amide bonds. The van der Waals surface area contributed by atoms with Gasteiger partial charge in [-0.25, -0.2) is 8.78 Å². The number of benzene rings is 2. The van der Waals surface area contributed by atoms with Crippen molar-refractivity contribution in [3.8, 4) is 0 Å². The minimum Gasteiger partial charge on any atom is -0.391 e. The first-order valence-electron chi connectivity index (χ1n) is 6.01. The molecular formula is C15H16ClF2NO. The van der Waals surface area contributed by atoms with Gasteiger partial charge in [-0.2, -0.15) is 0 Å². The number of aliphatic hydroxyl groups is 1. The van der Waals surface area contributed by atoms with Crippen LogP contribution in [-0.2, 0) is 6.42 Å². The first-order chi connectivity index (χ1) is 9.09. The Balaban J connectivity index is 0.00000200. The van der Waals surface area contributed by atoms with E-state index < -0.39 is 23.8 Å². The molecule has 0 saturated heterocycles. The number of hydrogen-bond acceptors (Lipinski definition) is 2. The Morgan fingerprint density at radius 3 is 2.05 bits per heavy atom. The second-order valence-electron chi connectivity index (χ2n) is 4.42. The highest BCUT2D eigenvalue weighted by Gasteiger charge is 2.23. The zero-order valence-electron chi connectivity index (χ0n) is 10.7. The molecule has 2 aromatic rings. The van der Waals surface area contributed by atoms with Crippen LogP contribution in [0.3, 0.4) is 0 Å². The Morgan fingerprint density at radius 1 is 0.950 bits per heavy atom. The molecule has 0 unspecified atom stereocenters. The van der Waals surface area contributed by atoms with Crippen molar-refractivity contribution in [2.24, 2.45) is 5.73 Å². The van der Waals surface area contributed by atoms with E-state index in [1.54, 1.807) is 0 Å². The van der Waals surface area contributed by atoms with Crippen LogP contribution >= 0.6 is 12.4 Å². The second kappa shape index (κ2) is 7.33. The molecule has 0 aromatic heterocycles. The van der Waals surface area contributed by atoms with Crippen molar-refractivity contribution in [3.05, 3.63) is 71.3 Å². The van der Waals surface area contributed by atoms with Gasteiger partial charge in [0.1, 0.15) is 11.6 Å². The number of hydrogen-bond donors (Lipinski definition) is 2. The van der Waals surface area contributed by atoms with Gasteiger partial charge in [-0.15, -0.1) is 12.4 Å². The van der Waals surface area contributed by atoms with Gasteiger partial charge < -0.3 is 10.8 Å². The summed E-state index contributed by atoms with van der Waals surface area (Å²) in [5.74, 6) is -1.47. The first-order valence-corrected chi connectivity index (χ1v) is 6.01. The van der Waals surface area contributed by atoms with Crippen LogP contribution < -0.4 is 5.73 Å². The van der Waals surface area contributed by atoms with Gasteiger partial charge in [-0.05, 0) is 17.7 Å². The SMILES string of the molecule is Cl.N[C@H](c1c(F)cccc1F)[C@@H](O)Cc1ccccc1. The summed E-state index contributed by atoms with van der Waals surface area (Å²) in [6.45, 7) is 0. The average Bonchev–Trinajstić information content (AvgIpc) is 2.39. The van der Waals surface area contributed by atoms with Crippen LogP contribution in [0.1, 0.15) is 17.2 Å². The van der Waals surface area contributed by atoms with E-state index in [9.17, 15) is 13.9 Å². The third-order valence-corrected chi connectivity index (χ3v) is 3.04. The number of rotatable bonds is 4. The van der Waals surface area contributed by atoms with Gasteiger partial charge in [-0.3, -0.25) is 0 Å². The summed E-state index contributed by atoms with van der Waals surface area (Å²) in [5.41, 5.74) is 6.35. The highest BCUT2D eigenvalue weighted by molar-refractivity contribution is 5.85. The third kappa shape index (κ3) is 3.76. The summed E-state index contributed by atoms with van der Waals surface area (Å²) in [6.07, 6.45) is -0.802. The molecule has 0 fully saturated rings. The lowest BCUT2D eigenvalue weighted by Gasteiger charge is -2.20. The number of halogens is 3. The molecule has 3 N–H and O–H groups in total. The average molecular weight is 300 g/mol. The molecule has 5 heteroatoms. The van der Waals surface area contributed by atoms with E-state index in [4.69, 9.17) is 5.73 Å². The van der Waals surface area contributed by atoms with E-state index in [1.807, 2.05) is 30.3 Å². The van der Waals surface area contributed by atoms with Gasteiger partial charge in [0.2, 0.25) is 0 Å². The van der Waals surface area contributed by atoms with Crippen LogP contribution in [0.25, 0.3) is 0 Å². The smallest absolute Gasteiger partial charge is 0.131 e. The maximum Gasteiger partial charge on any atom is 0.131 e. The predicted octanol–water partition coefficient (Wildman–Crippen LogP) is 2.99. The van der Waals surface area contributed by atoms with Gasteiger partial charge >= 0.3 is 0 Å². The molecule has 0 radical (unpaired) electrons. The predicted molar refractivity (Wildman–Crippen MR) is 76.7 cm³/mol. The minimum absolute atomic E-state index is 0. The molecule has 0 bridgehead atoms. The van der Waals surface area contributed by atoms with Crippen LogP contribution in [0.15, 0.2) is 48.5 Å². The molecule has 108 valence electrons. The molecular weight excluding hydrogens is 284 g/mol. The Hall–Kier alpha value is -1.49. The fraction of sp³-hybridized carbons (Fsp3) is 0.200. The van der Waals surface area contributed by atoms with Crippen molar-refractivity contribution < 1.29 is 13.9 Å². The lowest BCUT2D eigenvalue weighted by molar-refractivity contribution is 0.141. The molecule has 0 saturated carbocycles. The van der Waals surface area contributed by atoms with Crippen molar-refractivity contribution in [2.45, 2.75) is 18.6 Å². The van der Waals surface area contributed by atoms with Gasteiger partial charge in [-0.1, -0.05) is 36.4 Å². The minimum atomic E-state index is -1.10. The largest absolute Gasteiger partial charge is 0.391 e. The van der Waals surface area contributed by atoms with Crippen LogP contribution in [0, 0.1) is 11.6 Å². The fourth-order valence-corrected chi connectivity index (χ4v) is 2.00. The van der Waals surface area contributed by atoms with Crippen molar-refractivity contribution in [3.63, 3.8) is 0 Å². The zero-order chi connectivity index (χ0) is 13.8. The molecule has 20 heavy (non-hydrogen) atoms. The summed E-state index contributed by atoms with van der Waals surface area (Å²) < 4.78 is 27.1. The Labute approximate surface area is 122 Å². The van der Waals surface area contributed by atoms with E-state index in [0.717, 1.165) is 17.7 Å². The van der Waals surface area contributed by atoms with Gasteiger partial charge in [0.05, 0.1) is 12.1 Å². The van der Waals surface area contributed by atoms with Crippen LogP contribution in [-0.4, -0.2) is 11.2 Å². The van der Waals surface area contributed by atoms with Crippen molar-refractivity contribution >= 4 is 12.4 Å². The second-order valence-corrected chi connectivity index (χ2v) is 4.42. The molecule has 0 spiro atoms. The molecule has 2 nitrogen and oxygen atoms in total. The maximum absolute atomic E-state index is 13.6. The molecule has 0 aliphatic heterocycles. The monoisotopic (exact) mass is 299 g/mol. The highest BCUT2D eigenvalue weighted by atomic mass is 35.5.